The molecule has 1 aliphatic rings. The first kappa shape index (κ1) is 13.9. The van der Waals surface area contributed by atoms with E-state index in [-0.39, 0.29) is 24.0 Å². The molecule has 0 saturated heterocycles. The first-order chi connectivity index (χ1) is 7.85. The van der Waals surface area contributed by atoms with Crippen molar-refractivity contribution in [3.05, 3.63) is 18.2 Å². The highest BCUT2D eigenvalue weighted by atomic mass is 127. The summed E-state index contributed by atoms with van der Waals surface area (Å²) < 4.78 is 10.5. The monoisotopic (exact) mass is 349 g/mol. The lowest BCUT2D eigenvalue weighted by Gasteiger charge is -2.14. The smallest absolute Gasteiger partial charge is 0.196 e. The molecule has 2 N–H and O–H groups in total. The third-order valence-electron chi connectivity index (χ3n) is 2.35. The fourth-order valence-electron chi connectivity index (χ4n) is 1.57. The average Bonchev–Trinajstić information content (AvgIpc) is 2.82. The molecule has 0 spiro atoms. The van der Waals surface area contributed by atoms with E-state index >= 15 is 0 Å². The van der Waals surface area contributed by atoms with Crippen LogP contribution in [0.25, 0.3) is 0 Å². The molecule has 1 heterocycles. The molecule has 1 aliphatic heterocycles. The van der Waals surface area contributed by atoms with Crippen molar-refractivity contribution in [2.45, 2.75) is 0 Å². The number of nitrogens with zero attached hydrogens (tertiary/aromatic N) is 1. The molecule has 0 amide bonds. The largest absolute Gasteiger partial charge is 0.494 e. The van der Waals surface area contributed by atoms with E-state index in [1.54, 1.807) is 14.2 Å². The Labute approximate surface area is 118 Å². The maximum Gasteiger partial charge on any atom is 0.196 e. The molecule has 0 radical (unpaired) electrons. The van der Waals surface area contributed by atoms with Crippen molar-refractivity contribution in [3.63, 3.8) is 0 Å². The van der Waals surface area contributed by atoms with Gasteiger partial charge in [-0.15, -0.1) is 24.0 Å². The minimum atomic E-state index is 0. The highest BCUT2D eigenvalue weighted by Gasteiger charge is 2.13. The van der Waals surface area contributed by atoms with Crippen molar-refractivity contribution in [1.82, 2.24) is 5.32 Å². The Morgan fingerprint density at radius 3 is 2.35 bits per heavy atom. The molecular formula is C11H16IN3O2. The predicted octanol–water partition coefficient (Wildman–Crippen LogP) is 1.69. The summed E-state index contributed by atoms with van der Waals surface area (Å²) in [6.45, 7) is 1.65. The molecule has 0 aliphatic carbocycles. The number of aliphatic imine (C=N–C) groups is 1. The highest BCUT2D eigenvalue weighted by molar-refractivity contribution is 14.0. The highest BCUT2D eigenvalue weighted by Crippen LogP contribution is 2.33. The Morgan fingerprint density at radius 1 is 1.24 bits per heavy atom. The van der Waals surface area contributed by atoms with E-state index in [1.807, 2.05) is 18.2 Å². The van der Waals surface area contributed by atoms with E-state index in [9.17, 15) is 0 Å². The Hall–Kier alpha value is -1.18. The number of hydrogen-bond acceptors (Lipinski definition) is 5. The molecule has 1 aromatic rings. The molecule has 0 fully saturated rings. The van der Waals surface area contributed by atoms with Gasteiger partial charge in [-0.05, 0) is 12.1 Å². The number of methoxy groups -OCH3 is 2. The van der Waals surface area contributed by atoms with Crippen LogP contribution >= 0.6 is 24.0 Å². The number of ether oxygens (including phenoxy) is 2. The van der Waals surface area contributed by atoms with E-state index < -0.39 is 0 Å². The van der Waals surface area contributed by atoms with Gasteiger partial charge in [0.1, 0.15) is 17.2 Å². The van der Waals surface area contributed by atoms with Gasteiger partial charge in [-0.25, -0.2) is 0 Å². The van der Waals surface area contributed by atoms with Gasteiger partial charge in [0.15, 0.2) is 5.96 Å². The number of guanidine groups is 1. The fourth-order valence-corrected chi connectivity index (χ4v) is 1.57. The van der Waals surface area contributed by atoms with Gasteiger partial charge in [-0.1, -0.05) is 6.07 Å². The van der Waals surface area contributed by atoms with Crippen LogP contribution in [0.3, 0.4) is 0 Å². The summed E-state index contributed by atoms with van der Waals surface area (Å²) in [6, 6.07) is 5.63. The lowest BCUT2D eigenvalue weighted by molar-refractivity contribution is 0.398. The summed E-state index contributed by atoms with van der Waals surface area (Å²) >= 11 is 0. The van der Waals surface area contributed by atoms with Gasteiger partial charge < -0.3 is 20.1 Å². The third-order valence-corrected chi connectivity index (χ3v) is 2.35. The second-order valence-corrected chi connectivity index (χ2v) is 3.32. The maximum absolute atomic E-state index is 5.27. The van der Waals surface area contributed by atoms with Crippen molar-refractivity contribution >= 4 is 35.6 Å². The van der Waals surface area contributed by atoms with Crippen LogP contribution in [0, 0.1) is 0 Å². The fraction of sp³-hybridized carbons (Fsp3) is 0.364. The molecule has 0 bridgehead atoms. The lowest BCUT2D eigenvalue weighted by Crippen LogP contribution is -2.26. The van der Waals surface area contributed by atoms with Crippen LogP contribution in [0.1, 0.15) is 0 Å². The third kappa shape index (κ3) is 3.15. The number of halogens is 1. The Morgan fingerprint density at radius 2 is 1.88 bits per heavy atom. The number of para-hydroxylation sites is 1. The van der Waals surface area contributed by atoms with Crippen LogP contribution < -0.4 is 20.1 Å². The van der Waals surface area contributed by atoms with Crippen LogP contribution in [-0.4, -0.2) is 33.3 Å². The topological polar surface area (TPSA) is 54.9 Å². The SMILES string of the molecule is COc1cccc(OC)c1NC1=NCCN1.I. The van der Waals surface area contributed by atoms with E-state index in [4.69, 9.17) is 9.47 Å². The Kier molecular flexibility index (Phi) is 5.33. The molecule has 1 aromatic carbocycles. The van der Waals surface area contributed by atoms with Crippen molar-refractivity contribution in [3.8, 4) is 11.5 Å². The Bertz CT molecular complexity index is 387. The standard InChI is InChI=1S/C11H15N3O2.HI/c1-15-8-4-3-5-9(16-2)10(8)14-11-12-6-7-13-11;/h3-5H,6-7H2,1-2H3,(H2,12,13,14);1H. The van der Waals surface area contributed by atoms with Gasteiger partial charge in [0.05, 0.1) is 20.8 Å². The molecule has 5 nitrogen and oxygen atoms in total. The molecule has 94 valence electrons. The zero-order valence-electron chi connectivity index (χ0n) is 9.82. The lowest BCUT2D eigenvalue weighted by atomic mass is 10.2. The molecule has 0 saturated carbocycles. The van der Waals surface area contributed by atoms with E-state index in [2.05, 4.69) is 15.6 Å². The average molecular weight is 349 g/mol. The second kappa shape index (κ2) is 6.53. The number of anilines is 1. The molecule has 0 atom stereocenters. The van der Waals surface area contributed by atoms with Crippen LogP contribution in [0.5, 0.6) is 11.5 Å². The van der Waals surface area contributed by atoms with Crippen LogP contribution in [-0.2, 0) is 0 Å². The zero-order valence-corrected chi connectivity index (χ0v) is 12.1. The Balaban J connectivity index is 0.00000144. The van der Waals surface area contributed by atoms with Crippen LogP contribution in [0.15, 0.2) is 23.2 Å². The first-order valence-corrected chi connectivity index (χ1v) is 5.11. The van der Waals surface area contributed by atoms with Gasteiger partial charge in [-0.3, -0.25) is 4.99 Å². The molecular weight excluding hydrogens is 333 g/mol. The number of rotatable bonds is 3. The minimum Gasteiger partial charge on any atom is -0.494 e. The van der Waals surface area contributed by atoms with Gasteiger partial charge in [-0.2, -0.15) is 0 Å². The molecule has 2 rings (SSSR count). The predicted molar refractivity (Wildman–Crippen MR) is 78.9 cm³/mol. The molecule has 0 aromatic heterocycles. The second-order valence-electron chi connectivity index (χ2n) is 3.32. The summed E-state index contributed by atoms with van der Waals surface area (Å²) in [5.74, 6) is 2.22. The van der Waals surface area contributed by atoms with Crippen LogP contribution in [0.2, 0.25) is 0 Å². The normalized spacial score (nSPS) is 13.2. The summed E-state index contributed by atoms with van der Waals surface area (Å²) in [5.41, 5.74) is 0.792. The van der Waals surface area contributed by atoms with Gasteiger partial charge >= 0.3 is 0 Å². The molecule has 6 heteroatoms. The minimum absolute atomic E-state index is 0. The van der Waals surface area contributed by atoms with E-state index in [1.165, 1.54) is 0 Å². The molecule has 0 unspecified atom stereocenters. The van der Waals surface area contributed by atoms with Crippen molar-refractivity contribution in [1.29, 1.82) is 0 Å². The number of hydrogen-bond donors (Lipinski definition) is 2. The number of nitrogens with one attached hydrogen (secondary N) is 2. The van der Waals surface area contributed by atoms with Crippen molar-refractivity contribution in [2.75, 3.05) is 32.6 Å². The van der Waals surface area contributed by atoms with Crippen molar-refractivity contribution < 1.29 is 9.47 Å². The van der Waals surface area contributed by atoms with Gasteiger partial charge in [0.25, 0.3) is 0 Å². The first-order valence-electron chi connectivity index (χ1n) is 5.11. The van der Waals surface area contributed by atoms with E-state index in [0.717, 1.165) is 36.2 Å². The quantitative estimate of drug-likeness (QED) is 0.816. The summed E-state index contributed by atoms with van der Waals surface area (Å²) in [4.78, 5) is 4.27. The van der Waals surface area contributed by atoms with Crippen molar-refractivity contribution in [2.24, 2.45) is 4.99 Å². The van der Waals surface area contributed by atoms with E-state index in [0.29, 0.717) is 0 Å². The summed E-state index contributed by atoms with van der Waals surface area (Å²) in [5, 5.41) is 6.30. The molecule has 17 heavy (non-hydrogen) atoms. The van der Waals surface area contributed by atoms with Crippen LogP contribution in [0.4, 0.5) is 5.69 Å². The maximum atomic E-state index is 5.27. The number of benzene rings is 1. The zero-order chi connectivity index (χ0) is 11.4. The van der Waals surface area contributed by atoms with Gasteiger partial charge in [0.2, 0.25) is 0 Å². The summed E-state index contributed by atoms with van der Waals surface area (Å²) in [7, 11) is 3.26. The van der Waals surface area contributed by atoms with Gasteiger partial charge in [0, 0.05) is 6.54 Å². The summed E-state index contributed by atoms with van der Waals surface area (Å²) in [6.07, 6.45) is 0.